The highest BCUT2D eigenvalue weighted by atomic mass is 15.2. The van der Waals surface area contributed by atoms with Crippen molar-refractivity contribution in [3.8, 4) is 0 Å². The summed E-state index contributed by atoms with van der Waals surface area (Å²) in [6.07, 6.45) is 3.77. The molecule has 2 N–H and O–H groups in total. The third-order valence-electron chi connectivity index (χ3n) is 3.92. The fourth-order valence-electron chi connectivity index (χ4n) is 2.79. The summed E-state index contributed by atoms with van der Waals surface area (Å²) >= 11 is 0. The van der Waals surface area contributed by atoms with Gasteiger partial charge in [0, 0.05) is 30.5 Å². The van der Waals surface area contributed by atoms with Gasteiger partial charge in [-0.2, -0.15) is 0 Å². The van der Waals surface area contributed by atoms with E-state index in [1.54, 1.807) is 0 Å². The Balaban J connectivity index is 1.88. The van der Waals surface area contributed by atoms with Gasteiger partial charge >= 0.3 is 0 Å². The lowest BCUT2D eigenvalue weighted by Gasteiger charge is -2.37. The summed E-state index contributed by atoms with van der Waals surface area (Å²) < 4.78 is 0. The summed E-state index contributed by atoms with van der Waals surface area (Å²) in [5.41, 5.74) is 7.88. The van der Waals surface area contributed by atoms with Gasteiger partial charge in [-0.1, -0.05) is 6.92 Å². The van der Waals surface area contributed by atoms with Crippen LogP contribution in [0, 0.1) is 0 Å². The van der Waals surface area contributed by atoms with Crippen LogP contribution in [0.25, 0.3) is 0 Å². The minimum absolute atomic E-state index is 0.759. The molecule has 0 unspecified atom stereocenters. The lowest BCUT2D eigenvalue weighted by atomic mass is 10.0. The van der Waals surface area contributed by atoms with E-state index in [0.717, 1.165) is 24.8 Å². The van der Waals surface area contributed by atoms with E-state index >= 15 is 0 Å². The fourth-order valence-corrected chi connectivity index (χ4v) is 2.79. The van der Waals surface area contributed by atoms with Crippen molar-refractivity contribution >= 4 is 11.4 Å². The average molecular weight is 247 g/mol. The molecule has 0 saturated carbocycles. The predicted octanol–water partition coefficient (Wildman–Crippen LogP) is 2.58. The summed E-state index contributed by atoms with van der Waals surface area (Å²) in [4.78, 5) is 4.98. The molecule has 18 heavy (non-hydrogen) atoms. The number of hydrogen-bond acceptors (Lipinski definition) is 3. The predicted molar refractivity (Wildman–Crippen MR) is 79.0 cm³/mol. The number of nitrogens with zero attached hydrogens (tertiary/aromatic N) is 2. The van der Waals surface area contributed by atoms with Crippen LogP contribution in [0.15, 0.2) is 24.3 Å². The third-order valence-corrected chi connectivity index (χ3v) is 3.92. The van der Waals surface area contributed by atoms with Crippen molar-refractivity contribution < 1.29 is 0 Å². The highest BCUT2D eigenvalue weighted by Gasteiger charge is 2.21. The molecule has 0 aliphatic carbocycles. The van der Waals surface area contributed by atoms with Crippen LogP contribution in [-0.2, 0) is 0 Å². The minimum atomic E-state index is 0.759. The van der Waals surface area contributed by atoms with Crippen LogP contribution in [-0.4, -0.2) is 37.6 Å². The van der Waals surface area contributed by atoms with Crippen molar-refractivity contribution in [1.82, 2.24) is 4.90 Å². The molecule has 0 amide bonds. The molecule has 0 spiro atoms. The second-order valence-electron chi connectivity index (χ2n) is 5.29. The maximum Gasteiger partial charge on any atom is 0.0367 e. The van der Waals surface area contributed by atoms with E-state index < -0.39 is 0 Å². The van der Waals surface area contributed by atoms with Crippen molar-refractivity contribution in [3.63, 3.8) is 0 Å². The summed E-state index contributed by atoms with van der Waals surface area (Å²) in [5.74, 6) is 0. The molecule has 1 aliphatic rings. The third kappa shape index (κ3) is 3.16. The summed E-state index contributed by atoms with van der Waals surface area (Å²) in [6.45, 7) is 5.78. The molecule has 0 bridgehead atoms. The molecule has 0 atom stereocenters. The van der Waals surface area contributed by atoms with Gasteiger partial charge in [0.25, 0.3) is 0 Å². The number of rotatable bonds is 4. The van der Waals surface area contributed by atoms with E-state index in [9.17, 15) is 0 Å². The molecule has 1 aromatic rings. The molecule has 1 heterocycles. The maximum atomic E-state index is 5.73. The van der Waals surface area contributed by atoms with Gasteiger partial charge < -0.3 is 15.5 Å². The average Bonchev–Trinajstić information content (AvgIpc) is 2.40. The molecule has 1 saturated heterocycles. The SMILES string of the molecule is CCCN(C)C1CCN(c2ccc(N)cc2)CC1. The Hall–Kier alpha value is -1.22. The van der Waals surface area contributed by atoms with Gasteiger partial charge in [0.1, 0.15) is 0 Å². The van der Waals surface area contributed by atoms with Gasteiger partial charge in [0.15, 0.2) is 0 Å². The van der Waals surface area contributed by atoms with Gasteiger partial charge in [-0.25, -0.2) is 0 Å². The highest BCUT2D eigenvalue weighted by molar-refractivity contribution is 5.53. The summed E-state index contributed by atoms with van der Waals surface area (Å²) in [5, 5.41) is 0. The monoisotopic (exact) mass is 247 g/mol. The maximum absolute atomic E-state index is 5.73. The fraction of sp³-hybridized carbons (Fsp3) is 0.600. The lowest BCUT2D eigenvalue weighted by molar-refractivity contribution is 0.208. The van der Waals surface area contributed by atoms with Crippen LogP contribution in [0.1, 0.15) is 26.2 Å². The van der Waals surface area contributed by atoms with Crippen LogP contribution >= 0.6 is 0 Å². The summed E-state index contributed by atoms with van der Waals surface area (Å²) in [6, 6.07) is 9.00. The zero-order chi connectivity index (χ0) is 13.0. The lowest BCUT2D eigenvalue weighted by Crippen LogP contribution is -2.43. The molecule has 100 valence electrons. The molecule has 0 aromatic heterocycles. The Labute approximate surface area is 111 Å². The highest BCUT2D eigenvalue weighted by Crippen LogP contribution is 2.22. The number of piperidine rings is 1. The molecular formula is C15H25N3. The van der Waals surface area contributed by atoms with Crippen molar-refractivity contribution in [2.24, 2.45) is 0 Å². The van der Waals surface area contributed by atoms with E-state index in [1.165, 1.54) is 31.5 Å². The minimum Gasteiger partial charge on any atom is -0.399 e. The van der Waals surface area contributed by atoms with Gasteiger partial charge in [-0.05, 0) is 57.1 Å². The van der Waals surface area contributed by atoms with E-state index in [1.807, 2.05) is 12.1 Å². The molecule has 1 aliphatic heterocycles. The zero-order valence-electron chi connectivity index (χ0n) is 11.6. The molecule has 2 rings (SSSR count). The largest absolute Gasteiger partial charge is 0.399 e. The van der Waals surface area contributed by atoms with Crippen molar-refractivity contribution in [2.45, 2.75) is 32.2 Å². The van der Waals surface area contributed by atoms with Gasteiger partial charge in [0.05, 0.1) is 0 Å². The van der Waals surface area contributed by atoms with E-state index in [0.29, 0.717) is 0 Å². The van der Waals surface area contributed by atoms with Gasteiger partial charge in [-0.3, -0.25) is 0 Å². The van der Waals surface area contributed by atoms with E-state index in [4.69, 9.17) is 5.73 Å². The van der Waals surface area contributed by atoms with Crippen LogP contribution in [0.4, 0.5) is 11.4 Å². The molecule has 3 nitrogen and oxygen atoms in total. The Kier molecular flexibility index (Phi) is 4.48. The molecule has 1 aromatic carbocycles. The number of hydrogen-bond donors (Lipinski definition) is 1. The second kappa shape index (κ2) is 6.10. The van der Waals surface area contributed by atoms with E-state index in [-0.39, 0.29) is 0 Å². The quantitative estimate of drug-likeness (QED) is 0.830. The zero-order valence-corrected chi connectivity index (χ0v) is 11.6. The molecule has 0 radical (unpaired) electrons. The van der Waals surface area contributed by atoms with Crippen molar-refractivity contribution in [1.29, 1.82) is 0 Å². The Morgan fingerprint density at radius 1 is 1.22 bits per heavy atom. The van der Waals surface area contributed by atoms with Crippen molar-refractivity contribution in [3.05, 3.63) is 24.3 Å². The number of benzene rings is 1. The Morgan fingerprint density at radius 2 is 1.83 bits per heavy atom. The van der Waals surface area contributed by atoms with Gasteiger partial charge in [-0.15, -0.1) is 0 Å². The van der Waals surface area contributed by atoms with Gasteiger partial charge in [0.2, 0.25) is 0 Å². The van der Waals surface area contributed by atoms with Crippen LogP contribution in [0.2, 0.25) is 0 Å². The normalized spacial score (nSPS) is 17.4. The Morgan fingerprint density at radius 3 is 2.39 bits per heavy atom. The molecule has 3 heteroatoms. The molecule has 1 fully saturated rings. The first-order chi connectivity index (χ1) is 8.70. The van der Waals surface area contributed by atoms with Crippen LogP contribution < -0.4 is 10.6 Å². The summed E-state index contributed by atoms with van der Waals surface area (Å²) in [7, 11) is 2.26. The smallest absolute Gasteiger partial charge is 0.0367 e. The standard InChI is InChI=1S/C15H25N3/c1-3-10-17(2)14-8-11-18(12-9-14)15-6-4-13(16)5-7-15/h4-7,14H,3,8-12,16H2,1-2H3. The number of anilines is 2. The topological polar surface area (TPSA) is 32.5 Å². The first-order valence-electron chi connectivity index (χ1n) is 7.01. The second-order valence-corrected chi connectivity index (χ2v) is 5.29. The number of nitrogen functional groups attached to an aromatic ring is 1. The number of nitrogens with two attached hydrogens (primary N) is 1. The Bertz CT molecular complexity index is 353. The molecular weight excluding hydrogens is 222 g/mol. The van der Waals surface area contributed by atoms with E-state index in [2.05, 4.69) is 35.9 Å². The van der Waals surface area contributed by atoms with Crippen LogP contribution in [0.3, 0.4) is 0 Å². The van der Waals surface area contributed by atoms with Crippen LogP contribution in [0.5, 0.6) is 0 Å². The first-order valence-corrected chi connectivity index (χ1v) is 7.01. The first kappa shape index (κ1) is 13.2. The van der Waals surface area contributed by atoms with Crippen molar-refractivity contribution in [2.75, 3.05) is 37.3 Å².